The normalized spacial score (nSPS) is 17.7. The largest absolute Gasteiger partial charge is 0.0801 e. The van der Waals surface area contributed by atoms with Gasteiger partial charge in [0.15, 0.2) is 0 Å². The van der Waals surface area contributed by atoms with E-state index in [-0.39, 0.29) is 0 Å². The second-order valence-corrected chi connectivity index (χ2v) is 8.48. The topological polar surface area (TPSA) is 0 Å². The first-order valence-corrected chi connectivity index (χ1v) is 11.1. The van der Waals surface area contributed by atoms with Crippen molar-refractivity contribution in [2.75, 3.05) is 0 Å². The summed E-state index contributed by atoms with van der Waals surface area (Å²) in [4.78, 5) is 0. The summed E-state index contributed by atoms with van der Waals surface area (Å²) in [5.41, 5.74) is 11.3. The average molecular weight is 389 g/mol. The van der Waals surface area contributed by atoms with Crippen molar-refractivity contribution in [3.05, 3.63) is 130 Å². The molecule has 0 aromatic heterocycles. The molecule has 6 aliphatic rings. The van der Waals surface area contributed by atoms with Crippen molar-refractivity contribution in [1.29, 1.82) is 0 Å². The Labute approximate surface area is 180 Å². The lowest BCUT2D eigenvalue weighted by Crippen LogP contribution is -2.02. The molecule has 8 rings (SSSR count). The monoisotopic (exact) mass is 388 g/mol. The Balaban J connectivity index is 1.41. The summed E-state index contributed by atoms with van der Waals surface area (Å²) >= 11 is 0. The Kier molecular flexibility index (Phi) is 5.48. The molecule has 30 heavy (non-hydrogen) atoms. The Morgan fingerprint density at radius 3 is 1.47 bits per heavy atom. The fraction of sp³-hybridized carbons (Fsp3) is 0.200. The number of hydrogen-bond donors (Lipinski definition) is 0. The molecule has 0 spiro atoms. The van der Waals surface area contributed by atoms with Crippen LogP contribution < -0.4 is 0 Å². The molecule has 0 saturated carbocycles. The minimum atomic E-state index is 1.06. The van der Waals surface area contributed by atoms with Gasteiger partial charge in [0.1, 0.15) is 0 Å². The molecule has 0 heterocycles. The number of benzene rings is 2. The zero-order valence-electron chi connectivity index (χ0n) is 17.5. The standard InChI is InChI=1S/C30H28/c1-2-6-23(5-1)9-19-29-21-25-11-15-27(29)17-13-26-12-16-28(18-14-25)30(22-26)20-10-24-7-3-4-8-24/h1-5,7,9-12,15-16,19-22H,6,8,13-14,17-18H2/b19-9+,20-10+. The molecule has 0 radical (unpaired) electrons. The van der Waals surface area contributed by atoms with E-state index in [0.29, 0.717) is 0 Å². The number of aryl methyl sites for hydroxylation is 4. The Morgan fingerprint density at radius 1 is 0.533 bits per heavy atom. The van der Waals surface area contributed by atoms with Crippen LogP contribution in [0.2, 0.25) is 0 Å². The molecule has 4 bridgehead atoms. The Hall–Kier alpha value is -3.12. The van der Waals surface area contributed by atoms with Gasteiger partial charge in [-0.05, 0) is 83.1 Å². The van der Waals surface area contributed by atoms with Crippen molar-refractivity contribution in [3.63, 3.8) is 0 Å². The molecule has 0 aliphatic heterocycles. The molecule has 0 N–H and O–H groups in total. The fourth-order valence-corrected chi connectivity index (χ4v) is 4.49. The van der Waals surface area contributed by atoms with Crippen molar-refractivity contribution in [3.8, 4) is 0 Å². The lowest BCUT2D eigenvalue weighted by molar-refractivity contribution is 0.917. The maximum atomic E-state index is 2.41. The van der Waals surface area contributed by atoms with Crippen LogP contribution in [0.5, 0.6) is 0 Å². The number of rotatable bonds is 4. The maximum absolute atomic E-state index is 2.41. The van der Waals surface area contributed by atoms with E-state index in [1.165, 1.54) is 44.5 Å². The van der Waals surface area contributed by atoms with E-state index in [0.717, 1.165) is 38.5 Å². The van der Waals surface area contributed by atoms with E-state index in [9.17, 15) is 0 Å². The summed E-state index contributed by atoms with van der Waals surface area (Å²) in [6.45, 7) is 0. The molecule has 0 amide bonds. The molecule has 2 aromatic carbocycles. The molecule has 0 nitrogen and oxygen atoms in total. The summed E-state index contributed by atoms with van der Waals surface area (Å²) in [6, 6.07) is 14.2. The second-order valence-electron chi connectivity index (χ2n) is 8.48. The third-order valence-electron chi connectivity index (χ3n) is 6.34. The molecule has 0 heteroatoms. The smallest absolute Gasteiger partial charge is 0.00943 e. The number of allylic oxidation sites excluding steroid dienone is 10. The minimum absolute atomic E-state index is 1.06. The van der Waals surface area contributed by atoms with Crippen LogP contribution in [0.1, 0.15) is 46.2 Å². The van der Waals surface area contributed by atoms with Crippen LogP contribution in [-0.4, -0.2) is 0 Å². The summed E-state index contributed by atoms with van der Waals surface area (Å²) in [6.07, 6.45) is 28.8. The first kappa shape index (κ1) is 18.9. The van der Waals surface area contributed by atoms with Crippen LogP contribution >= 0.6 is 0 Å². The molecular weight excluding hydrogens is 360 g/mol. The van der Waals surface area contributed by atoms with Crippen molar-refractivity contribution in [2.45, 2.75) is 38.5 Å². The van der Waals surface area contributed by atoms with Crippen LogP contribution in [0.3, 0.4) is 0 Å². The van der Waals surface area contributed by atoms with E-state index in [4.69, 9.17) is 0 Å². The van der Waals surface area contributed by atoms with Crippen LogP contribution in [0.4, 0.5) is 0 Å². The molecule has 0 atom stereocenters. The molecule has 2 aromatic rings. The van der Waals surface area contributed by atoms with Gasteiger partial charge in [-0.1, -0.05) is 97.2 Å². The van der Waals surface area contributed by atoms with Gasteiger partial charge in [0, 0.05) is 0 Å². The number of hydrogen-bond acceptors (Lipinski definition) is 0. The Bertz CT molecular complexity index is 1040. The third kappa shape index (κ3) is 4.39. The molecule has 0 unspecified atom stereocenters. The highest BCUT2D eigenvalue weighted by Crippen LogP contribution is 2.25. The second kappa shape index (κ2) is 8.71. The fourth-order valence-electron chi connectivity index (χ4n) is 4.49. The highest BCUT2D eigenvalue weighted by Gasteiger charge is 2.09. The van der Waals surface area contributed by atoms with E-state index in [2.05, 4.69) is 97.2 Å². The van der Waals surface area contributed by atoms with Gasteiger partial charge in [-0.15, -0.1) is 0 Å². The van der Waals surface area contributed by atoms with E-state index in [1.807, 2.05) is 0 Å². The van der Waals surface area contributed by atoms with Gasteiger partial charge in [-0.2, -0.15) is 0 Å². The SMILES string of the molecule is C1=CCC(/C=C/c2cc3ccc2CCc2ccc(c(/C=C/C4=CC=CC4)c2)CC3)=C1. The molecule has 6 aliphatic carbocycles. The van der Waals surface area contributed by atoms with Gasteiger partial charge < -0.3 is 0 Å². The third-order valence-corrected chi connectivity index (χ3v) is 6.34. The van der Waals surface area contributed by atoms with Gasteiger partial charge in [0.25, 0.3) is 0 Å². The molecule has 0 fully saturated rings. The maximum Gasteiger partial charge on any atom is -0.00943 e. The van der Waals surface area contributed by atoms with Gasteiger partial charge in [-0.3, -0.25) is 0 Å². The minimum Gasteiger partial charge on any atom is -0.0801 e. The van der Waals surface area contributed by atoms with Gasteiger partial charge in [-0.25, -0.2) is 0 Å². The lowest BCUT2D eigenvalue weighted by atomic mass is 9.90. The molecular formula is C30H28. The molecule has 148 valence electrons. The summed E-state index contributed by atoms with van der Waals surface area (Å²) in [7, 11) is 0. The Morgan fingerprint density at radius 2 is 1.03 bits per heavy atom. The summed E-state index contributed by atoms with van der Waals surface area (Å²) < 4.78 is 0. The van der Waals surface area contributed by atoms with E-state index >= 15 is 0 Å². The molecule has 0 saturated heterocycles. The average Bonchev–Trinajstić information content (AvgIpc) is 3.47. The quantitative estimate of drug-likeness (QED) is 0.513. The highest BCUT2D eigenvalue weighted by atomic mass is 14.1. The summed E-state index contributed by atoms with van der Waals surface area (Å²) in [5, 5.41) is 0. The first-order chi connectivity index (χ1) is 14.8. The first-order valence-electron chi connectivity index (χ1n) is 11.1. The van der Waals surface area contributed by atoms with Crippen molar-refractivity contribution < 1.29 is 0 Å². The van der Waals surface area contributed by atoms with Crippen LogP contribution in [0.15, 0.2) is 96.2 Å². The zero-order valence-corrected chi connectivity index (χ0v) is 17.5. The summed E-state index contributed by atoms with van der Waals surface area (Å²) in [5.74, 6) is 0. The zero-order chi connectivity index (χ0) is 20.2. The van der Waals surface area contributed by atoms with Crippen LogP contribution in [0.25, 0.3) is 12.2 Å². The lowest BCUT2D eigenvalue weighted by Gasteiger charge is -2.15. The van der Waals surface area contributed by atoms with Crippen molar-refractivity contribution in [1.82, 2.24) is 0 Å². The van der Waals surface area contributed by atoms with Gasteiger partial charge in [0.05, 0.1) is 0 Å². The van der Waals surface area contributed by atoms with Crippen molar-refractivity contribution in [2.24, 2.45) is 0 Å². The van der Waals surface area contributed by atoms with Crippen LogP contribution in [0, 0.1) is 0 Å². The van der Waals surface area contributed by atoms with E-state index in [1.54, 1.807) is 0 Å². The highest BCUT2D eigenvalue weighted by molar-refractivity contribution is 5.61. The predicted molar refractivity (Wildman–Crippen MR) is 129 cm³/mol. The predicted octanol–water partition coefficient (Wildman–Crippen LogP) is 7.37. The van der Waals surface area contributed by atoms with Crippen LogP contribution in [-0.2, 0) is 25.7 Å². The van der Waals surface area contributed by atoms with E-state index < -0.39 is 0 Å². The van der Waals surface area contributed by atoms with Gasteiger partial charge in [0.2, 0.25) is 0 Å². The van der Waals surface area contributed by atoms with Gasteiger partial charge >= 0.3 is 0 Å². The van der Waals surface area contributed by atoms with Crippen molar-refractivity contribution >= 4 is 12.2 Å².